The van der Waals surface area contributed by atoms with E-state index in [0.29, 0.717) is 14.3 Å². The number of rotatable bonds is 5. The number of para-hydroxylation sites is 1. The highest BCUT2D eigenvalue weighted by molar-refractivity contribution is 14.1. The van der Waals surface area contributed by atoms with Gasteiger partial charge in [-0.3, -0.25) is 4.79 Å². The minimum Gasteiger partial charge on any atom is -0.507 e. The average molecular weight is 431 g/mol. The third-order valence-electron chi connectivity index (χ3n) is 2.57. The van der Waals surface area contributed by atoms with Gasteiger partial charge in [0, 0.05) is 0 Å². The number of halogens is 2. The number of phenolic OH excluding ortho intramolecular Hbond substituents is 1. The van der Waals surface area contributed by atoms with Crippen LogP contribution < -0.4 is 10.2 Å². The van der Waals surface area contributed by atoms with Gasteiger partial charge in [0.1, 0.15) is 11.5 Å². The SMILES string of the molecule is O=C(COc1ccccc1Cl)N/N=C\c1ccc(O)c(I)c1. The molecule has 0 saturated carbocycles. The Bertz CT molecular complexity index is 707. The van der Waals surface area contributed by atoms with Crippen LogP contribution in [0.5, 0.6) is 11.5 Å². The predicted octanol–water partition coefficient (Wildman–Crippen LogP) is 3.18. The first kappa shape index (κ1) is 16.6. The molecule has 2 aromatic rings. The molecular weight excluding hydrogens is 419 g/mol. The molecule has 2 N–H and O–H groups in total. The highest BCUT2D eigenvalue weighted by Gasteiger charge is 2.04. The number of nitrogens with one attached hydrogen (secondary N) is 1. The van der Waals surface area contributed by atoms with Crippen LogP contribution in [0.1, 0.15) is 5.56 Å². The third kappa shape index (κ3) is 4.88. The molecular formula is C15H12ClIN2O3. The summed E-state index contributed by atoms with van der Waals surface area (Å²) in [5.74, 6) is 0.246. The Morgan fingerprint density at radius 3 is 2.86 bits per heavy atom. The Hall–Kier alpha value is -1.80. The van der Waals surface area contributed by atoms with E-state index in [0.717, 1.165) is 5.56 Å². The quantitative estimate of drug-likeness (QED) is 0.435. The van der Waals surface area contributed by atoms with E-state index in [4.69, 9.17) is 16.3 Å². The van der Waals surface area contributed by atoms with Gasteiger partial charge in [-0.2, -0.15) is 5.10 Å². The van der Waals surface area contributed by atoms with Gasteiger partial charge in [-0.15, -0.1) is 0 Å². The Balaban J connectivity index is 1.83. The number of hydrogen-bond acceptors (Lipinski definition) is 4. The minimum absolute atomic E-state index is 0.186. The second-order valence-corrected chi connectivity index (χ2v) is 5.79. The maximum Gasteiger partial charge on any atom is 0.277 e. The Morgan fingerprint density at radius 1 is 1.36 bits per heavy atom. The summed E-state index contributed by atoms with van der Waals surface area (Å²) in [6.45, 7) is -0.186. The van der Waals surface area contributed by atoms with Crippen molar-refractivity contribution in [1.29, 1.82) is 0 Å². The summed E-state index contributed by atoms with van der Waals surface area (Å²) in [5.41, 5.74) is 3.11. The number of aromatic hydroxyl groups is 1. The zero-order valence-corrected chi connectivity index (χ0v) is 14.2. The van der Waals surface area contributed by atoms with Crippen molar-refractivity contribution in [3.63, 3.8) is 0 Å². The van der Waals surface area contributed by atoms with Crippen LogP contribution in [0.4, 0.5) is 0 Å². The van der Waals surface area contributed by atoms with Gasteiger partial charge in [0.25, 0.3) is 5.91 Å². The fraction of sp³-hybridized carbons (Fsp3) is 0.0667. The van der Waals surface area contributed by atoms with E-state index < -0.39 is 5.91 Å². The highest BCUT2D eigenvalue weighted by atomic mass is 127. The number of nitrogens with zero attached hydrogens (tertiary/aromatic N) is 1. The fourth-order valence-electron chi connectivity index (χ4n) is 1.52. The maximum absolute atomic E-state index is 11.6. The topological polar surface area (TPSA) is 70.9 Å². The first-order valence-corrected chi connectivity index (χ1v) is 7.69. The first-order valence-electron chi connectivity index (χ1n) is 6.24. The predicted molar refractivity (Wildman–Crippen MR) is 93.5 cm³/mol. The van der Waals surface area contributed by atoms with Crippen LogP contribution in [0.3, 0.4) is 0 Å². The summed E-state index contributed by atoms with van der Waals surface area (Å²) in [4.78, 5) is 11.6. The molecule has 0 aliphatic carbocycles. The molecule has 0 bridgehead atoms. The molecule has 0 unspecified atom stereocenters. The summed E-state index contributed by atoms with van der Waals surface area (Å²) < 4.78 is 5.99. The van der Waals surface area contributed by atoms with Crippen LogP contribution in [0.25, 0.3) is 0 Å². The van der Waals surface area contributed by atoms with Crippen molar-refractivity contribution in [2.24, 2.45) is 5.10 Å². The van der Waals surface area contributed by atoms with Crippen molar-refractivity contribution in [3.8, 4) is 11.5 Å². The van der Waals surface area contributed by atoms with Crippen molar-refractivity contribution < 1.29 is 14.6 Å². The van der Waals surface area contributed by atoms with Crippen molar-refractivity contribution in [2.75, 3.05) is 6.61 Å². The smallest absolute Gasteiger partial charge is 0.277 e. The Labute approximate surface area is 146 Å². The summed E-state index contributed by atoms with van der Waals surface area (Å²) >= 11 is 7.92. The molecule has 7 heteroatoms. The van der Waals surface area contributed by atoms with Gasteiger partial charge in [0.15, 0.2) is 6.61 Å². The lowest BCUT2D eigenvalue weighted by molar-refractivity contribution is -0.123. The summed E-state index contributed by atoms with van der Waals surface area (Å²) in [6.07, 6.45) is 1.48. The minimum atomic E-state index is -0.398. The zero-order chi connectivity index (χ0) is 15.9. The number of hydrogen-bond donors (Lipinski definition) is 2. The first-order chi connectivity index (χ1) is 10.6. The Kier molecular flexibility index (Phi) is 6.02. The number of carbonyl (C=O) groups is 1. The number of phenols is 1. The lowest BCUT2D eigenvalue weighted by Crippen LogP contribution is -2.24. The second-order valence-electron chi connectivity index (χ2n) is 4.22. The van der Waals surface area contributed by atoms with Gasteiger partial charge in [-0.1, -0.05) is 23.7 Å². The fourth-order valence-corrected chi connectivity index (χ4v) is 2.25. The van der Waals surface area contributed by atoms with Gasteiger partial charge in [0.2, 0.25) is 0 Å². The Morgan fingerprint density at radius 2 is 2.14 bits per heavy atom. The monoisotopic (exact) mass is 430 g/mol. The summed E-state index contributed by atoms with van der Waals surface area (Å²) in [6, 6.07) is 11.9. The number of carbonyl (C=O) groups excluding carboxylic acids is 1. The molecule has 0 aliphatic rings. The number of amides is 1. The van der Waals surface area contributed by atoms with Crippen LogP contribution in [-0.2, 0) is 4.79 Å². The van der Waals surface area contributed by atoms with E-state index in [1.807, 2.05) is 22.6 Å². The van der Waals surface area contributed by atoms with E-state index in [1.165, 1.54) is 6.21 Å². The van der Waals surface area contributed by atoms with E-state index in [9.17, 15) is 9.90 Å². The van der Waals surface area contributed by atoms with Crippen LogP contribution in [-0.4, -0.2) is 23.8 Å². The summed E-state index contributed by atoms with van der Waals surface area (Å²) in [7, 11) is 0. The molecule has 0 aliphatic heterocycles. The van der Waals surface area contributed by atoms with Crippen molar-refractivity contribution in [3.05, 3.63) is 56.6 Å². The number of ether oxygens (including phenoxy) is 1. The van der Waals surface area contributed by atoms with E-state index in [2.05, 4.69) is 10.5 Å². The van der Waals surface area contributed by atoms with Crippen LogP contribution in [0.2, 0.25) is 5.02 Å². The van der Waals surface area contributed by atoms with E-state index in [1.54, 1.807) is 42.5 Å². The molecule has 0 radical (unpaired) electrons. The van der Waals surface area contributed by atoms with E-state index >= 15 is 0 Å². The molecule has 114 valence electrons. The zero-order valence-electron chi connectivity index (χ0n) is 11.3. The lowest BCUT2D eigenvalue weighted by atomic mass is 10.2. The molecule has 0 spiro atoms. The summed E-state index contributed by atoms with van der Waals surface area (Å²) in [5, 5.41) is 13.7. The average Bonchev–Trinajstić information content (AvgIpc) is 2.50. The van der Waals surface area contributed by atoms with Gasteiger partial charge >= 0.3 is 0 Å². The van der Waals surface area contributed by atoms with Crippen LogP contribution in [0.15, 0.2) is 47.6 Å². The number of hydrazone groups is 1. The van der Waals surface area contributed by atoms with Crippen molar-refractivity contribution in [1.82, 2.24) is 5.43 Å². The molecule has 2 rings (SSSR count). The molecule has 1 amide bonds. The maximum atomic E-state index is 11.6. The van der Waals surface area contributed by atoms with Gasteiger partial charge in [-0.05, 0) is 58.5 Å². The molecule has 0 atom stereocenters. The molecule has 5 nitrogen and oxygen atoms in total. The van der Waals surface area contributed by atoms with Crippen molar-refractivity contribution >= 4 is 46.3 Å². The molecule has 0 heterocycles. The standard InChI is InChI=1S/C15H12ClIN2O3/c16-11-3-1-2-4-14(11)22-9-15(21)19-18-8-10-5-6-13(20)12(17)7-10/h1-8,20H,9H2,(H,19,21)/b18-8-. The third-order valence-corrected chi connectivity index (χ3v) is 3.75. The van der Waals surface area contributed by atoms with Crippen molar-refractivity contribution in [2.45, 2.75) is 0 Å². The van der Waals surface area contributed by atoms with Crippen LogP contribution >= 0.6 is 34.2 Å². The highest BCUT2D eigenvalue weighted by Crippen LogP contribution is 2.22. The normalized spacial score (nSPS) is 10.6. The van der Waals surface area contributed by atoms with Crippen LogP contribution in [0, 0.1) is 3.57 Å². The number of benzene rings is 2. The van der Waals surface area contributed by atoms with Gasteiger partial charge in [-0.25, -0.2) is 5.43 Å². The molecule has 0 aromatic heterocycles. The second kappa shape index (κ2) is 8.00. The molecule has 2 aromatic carbocycles. The largest absolute Gasteiger partial charge is 0.507 e. The molecule has 0 saturated heterocycles. The van der Waals surface area contributed by atoms with Gasteiger partial charge < -0.3 is 9.84 Å². The van der Waals surface area contributed by atoms with Gasteiger partial charge in [0.05, 0.1) is 14.8 Å². The van der Waals surface area contributed by atoms with E-state index in [-0.39, 0.29) is 12.4 Å². The lowest BCUT2D eigenvalue weighted by Gasteiger charge is -2.06. The molecule has 22 heavy (non-hydrogen) atoms. The molecule has 0 fully saturated rings.